The van der Waals surface area contributed by atoms with E-state index in [1.807, 2.05) is 30.3 Å². The first kappa shape index (κ1) is 24.3. The van der Waals surface area contributed by atoms with E-state index in [4.69, 9.17) is 4.74 Å². The Labute approximate surface area is 186 Å². The average Bonchev–Trinajstić information content (AvgIpc) is 2.79. The van der Waals surface area contributed by atoms with Gasteiger partial charge in [0, 0.05) is 56.9 Å². The molecule has 0 saturated heterocycles. The second kappa shape index (κ2) is 13.4. The molecule has 0 aliphatic carbocycles. The molecule has 0 saturated carbocycles. The number of nitrogens with zero attached hydrogens (tertiary/aromatic N) is 2. The number of aromatic nitrogens is 2. The van der Waals surface area contributed by atoms with Gasteiger partial charge in [0.1, 0.15) is 11.6 Å². The number of amides is 2. The lowest BCUT2D eigenvalue weighted by molar-refractivity contribution is -0.137. The second-order valence-electron chi connectivity index (χ2n) is 6.54. The third-order valence-corrected chi connectivity index (χ3v) is 3.95. The summed E-state index contributed by atoms with van der Waals surface area (Å²) in [4.78, 5) is 43.1. The Hall–Kier alpha value is -3.95. The summed E-state index contributed by atoms with van der Waals surface area (Å²) < 4.78 is 4.72. The Kier molecular flexibility index (Phi) is 10.2. The van der Waals surface area contributed by atoms with Crippen molar-refractivity contribution in [1.29, 1.82) is 0 Å². The summed E-state index contributed by atoms with van der Waals surface area (Å²) in [7, 11) is 0. The molecular weight excluding hydrogens is 412 g/mol. The summed E-state index contributed by atoms with van der Waals surface area (Å²) in [5.74, 6) is 0.673. The van der Waals surface area contributed by atoms with Crippen LogP contribution in [0, 0.1) is 0 Å². The van der Waals surface area contributed by atoms with E-state index in [1.165, 1.54) is 6.92 Å². The van der Waals surface area contributed by atoms with Crippen molar-refractivity contribution in [2.75, 3.05) is 43.4 Å². The van der Waals surface area contributed by atoms with Gasteiger partial charge in [0.25, 0.3) is 0 Å². The van der Waals surface area contributed by atoms with Crippen molar-refractivity contribution < 1.29 is 19.1 Å². The van der Waals surface area contributed by atoms with Crippen molar-refractivity contribution in [3.05, 3.63) is 48.6 Å². The predicted molar refractivity (Wildman–Crippen MR) is 122 cm³/mol. The van der Waals surface area contributed by atoms with E-state index in [9.17, 15) is 14.4 Å². The van der Waals surface area contributed by atoms with Crippen LogP contribution in [0.2, 0.25) is 0 Å². The van der Waals surface area contributed by atoms with Crippen LogP contribution < -0.4 is 21.3 Å². The molecule has 1 aromatic heterocycles. The highest BCUT2D eigenvalue weighted by atomic mass is 16.5. The van der Waals surface area contributed by atoms with Crippen molar-refractivity contribution in [2.24, 2.45) is 0 Å². The van der Waals surface area contributed by atoms with E-state index in [0.717, 1.165) is 17.7 Å². The lowest BCUT2D eigenvalue weighted by atomic mass is 10.2. The van der Waals surface area contributed by atoms with Crippen LogP contribution >= 0.6 is 0 Å². The molecule has 170 valence electrons. The summed E-state index contributed by atoms with van der Waals surface area (Å²) in [6, 6.07) is 11.3. The number of carbonyl (C=O) groups excluding carboxylic acids is 3. The first-order valence-corrected chi connectivity index (χ1v) is 10.3. The van der Waals surface area contributed by atoms with E-state index < -0.39 is 11.9 Å². The largest absolute Gasteiger partial charge is 0.463 e. The molecule has 10 heteroatoms. The quantitative estimate of drug-likeness (QED) is 0.221. The number of esters is 1. The molecule has 0 fully saturated rings. The zero-order valence-corrected chi connectivity index (χ0v) is 18.2. The molecule has 0 aliphatic rings. The Morgan fingerprint density at radius 2 is 1.53 bits per heavy atom. The van der Waals surface area contributed by atoms with Crippen molar-refractivity contribution in [2.45, 2.75) is 13.8 Å². The van der Waals surface area contributed by atoms with Crippen LogP contribution in [-0.2, 0) is 19.1 Å². The maximum atomic E-state index is 11.8. The standard InChI is InChI=1S/C22H28N6O4/c1-3-32-21(31)10-9-20(30)26-14-13-25-19-15-18(24-12-11-23-16(2)29)27-22(28-19)17-7-5-4-6-8-17/h4-10,15H,3,11-14H2,1-2H3,(H,23,29)(H,26,30)(H2,24,25,27,28)/b10-9+. The van der Waals surface area contributed by atoms with Gasteiger partial charge in [-0.15, -0.1) is 0 Å². The summed E-state index contributed by atoms with van der Waals surface area (Å²) in [6.45, 7) is 5.12. The number of rotatable bonds is 12. The van der Waals surface area contributed by atoms with Gasteiger partial charge >= 0.3 is 5.97 Å². The first-order chi connectivity index (χ1) is 15.5. The van der Waals surface area contributed by atoms with Crippen LogP contribution in [0.4, 0.5) is 11.6 Å². The minimum Gasteiger partial charge on any atom is -0.463 e. The maximum Gasteiger partial charge on any atom is 0.330 e. The van der Waals surface area contributed by atoms with Gasteiger partial charge in [-0.05, 0) is 6.92 Å². The smallest absolute Gasteiger partial charge is 0.330 e. The molecule has 1 aromatic carbocycles. The molecule has 0 radical (unpaired) electrons. The van der Waals surface area contributed by atoms with Crippen molar-refractivity contribution in [3.63, 3.8) is 0 Å². The Morgan fingerprint density at radius 1 is 0.906 bits per heavy atom. The van der Waals surface area contributed by atoms with Crippen LogP contribution in [0.5, 0.6) is 0 Å². The topological polar surface area (TPSA) is 134 Å². The van der Waals surface area contributed by atoms with Gasteiger partial charge in [0.2, 0.25) is 11.8 Å². The molecule has 0 spiro atoms. The van der Waals surface area contributed by atoms with Gasteiger partial charge in [-0.1, -0.05) is 30.3 Å². The molecule has 0 atom stereocenters. The highest BCUT2D eigenvalue weighted by Gasteiger charge is 2.07. The maximum absolute atomic E-state index is 11.8. The van der Waals surface area contributed by atoms with E-state index >= 15 is 0 Å². The van der Waals surface area contributed by atoms with Crippen LogP contribution in [0.1, 0.15) is 13.8 Å². The molecule has 4 N–H and O–H groups in total. The molecule has 0 unspecified atom stereocenters. The number of anilines is 2. The van der Waals surface area contributed by atoms with Crippen molar-refractivity contribution in [3.8, 4) is 11.4 Å². The van der Waals surface area contributed by atoms with Gasteiger partial charge in [0.15, 0.2) is 5.82 Å². The molecule has 32 heavy (non-hydrogen) atoms. The van der Waals surface area contributed by atoms with E-state index in [1.54, 1.807) is 13.0 Å². The third-order valence-electron chi connectivity index (χ3n) is 3.95. The fraction of sp³-hybridized carbons (Fsp3) is 0.318. The number of nitrogens with one attached hydrogen (secondary N) is 4. The van der Waals surface area contributed by atoms with Crippen molar-refractivity contribution in [1.82, 2.24) is 20.6 Å². The van der Waals surface area contributed by atoms with E-state index in [0.29, 0.717) is 43.6 Å². The van der Waals surface area contributed by atoms with Crippen LogP contribution in [0.3, 0.4) is 0 Å². The minimum atomic E-state index is -0.561. The molecule has 2 amide bonds. The van der Waals surface area contributed by atoms with Crippen LogP contribution in [0.25, 0.3) is 11.4 Å². The van der Waals surface area contributed by atoms with Crippen LogP contribution in [0.15, 0.2) is 48.6 Å². The Balaban J connectivity index is 1.95. The van der Waals surface area contributed by atoms with E-state index in [-0.39, 0.29) is 12.5 Å². The lowest BCUT2D eigenvalue weighted by Crippen LogP contribution is -2.28. The summed E-state index contributed by atoms with van der Waals surface area (Å²) in [5.41, 5.74) is 0.860. The molecular formula is C22H28N6O4. The Morgan fingerprint density at radius 3 is 2.12 bits per heavy atom. The number of hydrogen-bond acceptors (Lipinski definition) is 8. The van der Waals surface area contributed by atoms with Gasteiger partial charge in [0.05, 0.1) is 6.61 Å². The molecule has 10 nitrogen and oxygen atoms in total. The lowest BCUT2D eigenvalue weighted by Gasteiger charge is -2.12. The number of benzene rings is 1. The van der Waals surface area contributed by atoms with E-state index in [2.05, 4.69) is 31.2 Å². The van der Waals surface area contributed by atoms with Crippen molar-refractivity contribution >= 4 is 29.4 Å². The van der Waals surface area contributed by atoms with Gasteiger partial charge in [-0.25, -0.2) is 14.8 Å². The minimum absolute atomic E-state index is 0.0963. The zero-order chi connectivity index (χ0) is 23.2. The summed E-state index contributed by atoms with van der Waals surface area (Å²) >= 11 is 0. The zero-order valence-electron chi connectivity index (χ0n) is 18.2. The molecule has 2 rings (SSSR count). The second-order valence-corrected chi connectivity index (χ2v) is 6.54. The summed E-state index contributed by atoms with van der Waals surface area (Å²) in [6.07, 6.45) is 2.22. The third kappa shape index (κ3) is 9.24. The fourth-order valence-electron chi connectivity index (χ4n) is 2.54. The predicted octanol–water partition coefficient (Wildman–Crippen LogP) is 1.34. The fourth-order valence-corrected chi connectivity index (χ4v) is 2.54. The van der Waals surface area contributed by atoms with Gasteiger partial charge in [-0.3, -0.25) is 9.59 Å². The highest BCUT2D eigenvalue weighted by molar-refractivity contribution is 5.94. The summed E-state index contributed by atoms with van der Waals surface area (Å²) in [5, 5.41) is 11.7. The highest BCUT2D eigenvalue weighted by Crippen LogP contribution is 2.19. The monoisotopic (exact) mass is 440 g/mol. The first-order valence-electron chi connectivity index (χ1n) is 10.3. The molecule has 0 aliphatic heterocycles. The van der Waals surface area contributed by atoms with Gasteiger partial charge in [-0.2, -0.15) is 0 Å². The SMILES string of the molecule is CCOC(=O)/C=C/C(=O)NCCNc1cc(NCCNC(C)=O)nc(-c2ccccc2)n1. The normalized spacial score (nSPS) is 10.4. The number of ether oxygens (including phenoxy) is 1. The molecule has 1 heterocycles. The Bertz CT molecular complexity index is 933. The molecule has 2 aromatic rings. The van der Waals surface area contributed by atoms with Crippen LogP contribution in [-0.4, -0.2) is 60.5 Å². The number of hydrogen-bond donors (Lipinski definition) is 4. The van der Waals surface area contributed by atoms with Gasteiger partial charge < -0.3 is 26.0 Å². The number of carbonyl (C=O) groups is 3. The molecule has 0 bridgehead atoms. The average molecular weight is 441 g/mol.